The van der Waals surface area contributed by atoms with Crippen molar-refractivity contribution >= 4 is 17.5 Å². The van der Waals surface area contributed by atoms with E-state index in [-0.39, 0.29) is 11.3 Å². The highest BCUT2D eigenvalue weighted by Gasteiger charge is 2.08. The summed E-state index contributed by atoms with van der Waals surface area (Å²) in [6, 6.07) is 0.147. The molecule has 2 rings (SSSR count). The average molecular weight is 283 g/mol. The Kier molecular flexibility index (Phi) is 4.51. The Morgan fingerprint density at radius 1 is 1.32 bits per heavy atom. The van der Waals surface area contributed by atoms with Crippen LogP contribution in [0.5, 0.6) is 11.8 Å². The molecular weight excluding hydrogens is 268 g/mol. The van der Waals surface area contributed by atoms with Gasteiger partial charge in [0.25, 0.3) is 0 Å². The van der Waals surface area contributed by atoms with Crippen molar-refractivity contribution in [1.29, 1.82) is 0 Å². The summed E-state index contributed by atoms with van der Waals surface area (Å²) in [5, 5.41) is 7.22. The Morgan fingerprint density at radius 3 is 2.84 bits per heavy atom. The van der Waals surface area contributed by atoms with Gasteiger partial charge in [0.15, 0.2) is 5.75 Å². The largest absolute Gasteiger partial charge is 0.421 e. The molecule has 2 aromatic rings. The summed E-state index contributed by atoms with van der Waals surface area (Å²) in [5.74, 6) is 0.963. The second-order valence-corrected chi connectivity index (χ2v) is 4.11. The number of nitrogens with zero attached hydrogens (tertiary/aromatic N) is 5. The monoisotopic (exact) mass is 282 g/mol. The number of anilines is 1. The molecule has 0 bridgehead atoms. The predicted molar refractivity (Wildman–Crippen MR) is 71.6 cm³/mol. The fourth-order valence-corrected chi connectivity index (χ4v) is 1.52. The molecule has 2 aromatic heterocycles. The maximum Gasteiger partial charge on any atom is 0.328 e. The van der Waals surface area contributed by atoms with Gasteiger partial charge in [0, 0.05) is 13.1 Å². The fraction of sp³-hybridized carbons (Fsp3) is 0.455. The lowest BCUT2D eigenvalue weighted by Gasteiger charge is -2.05. The standard InChI is InChI=1S/C11H15ClN6O/c1-3-5-13-10-15-9(12)16-11(17-10)19-8-6-14-18(4-2)7-8/h6-7H,3-5H2,1-2H3,(H,13,15,16,17). The van der Waals surface area contributed by atoms with Gasteiger partial charge < -0.3 is 10.1 Å². The highest BCUT2D eigenvalue weighted by Crippen LogP contribution is 2.19. The highest BCUT2D eigenvalue weighted by atomic mass is 35.5. The van der Waals surface area contributed by atoms with Crippen molar-refractivity contribution in [2.45, 2.75) is 26.8 Å². The number of aromatic nitrogens is 5. The number of hydrogen-bond donors (Lipinski definition) is 1. The van der Waals surface area contributed by atoms with Crippen molar-refractivity contribution < 1.29 is 4.74 Å². The molecule has 0 aliphatic rings. The lowest BCUT2D eigenvalue weighted by atomic mass is 10.5. The molecule has 0 atom stereocenters. The summed E-state index contributed by atoms with van der Waals surface area (Å²) < 4.78 is 7.24. The van der Waals surface area contributed by atoms with Crippen molar-refractivity contribution in [2.24, 2.45) is 0 Å². The summed E-state index contributed by atoms with van der Waals surface area (Å²) in [6.07, 6.45) is 4.32. The molecule has 2 heterocycles. The zero-order valence-electron chi connectivity index (χ0n) is 10.8. The first-order chi connectivity index (χ1) is 9.21. The molecule has 102 valence electrons. The van der Waals surface area contributed by atoms with Gasteiger partial charge in [0.2, 0.25) is 11.2 Å². The summed E-state index contributed by atoms with van der Waals surface area (Å²) in [7, 11) is 0. The maximum atomic E-state index is 5.82. The Labute approximate surface area is 116 Å². The summed E-state index contributed by atoms with van der Waals surface area (Å²) in [4.78, 5) is 12.0. The van der Waals surface area contributed by atoms with Gasteiger partial charge in [-0.3, -0.25) is 4.68 Å². The molecule has 0 aliphatic heterocycles. The number of rotatable bonds is 6. The lowest BCUT2D eigenvalue weighted by molar-refractivity contribution is 0.439. The zero-order valence-corrected chi connectivity index (χ0v) is 11.6. The topological polar surface area (TPSA) is 77.8 Å². The van der Waals surface area contributed by atoms with Crippen LogP contribution in [0.2, 0.25) is 5.28 Å². The van der Waals surface area contributed by atoms with E-state index in [9.17, 15) is 0 Å². The normalized spacial score (nSPS) is 10.5. The summed E-state index contributed by atoms with van der Waals surface area (Å²) in [6.45, 7) is 5.56. The van der Waals surface area contributed by atoms with Gasteiger partial charge in [-0.1, -0.05) is 6.92 Å². The second kappa shape index (κ2) is 6.33. The van der Waals surface area contributed by atoms with Gasteiger partial charge in [-0.2, -0.15) is 20.1 Å². The Hall–Kier alpha value is -1.89. The van der Waals surface area contributed by atoms with E-state index in [1.807, 2.05) is 13.8 Å². The molecule has 0 saturated carbocycles. The van der Waals surface area contributed by atoms with Crippen molar-refractivity contribution in [3.05, 3.63) is 17.7 Å². The van der Waals surface area contributed by atoms with Gasteiger partial charge in [0.1, 0.15) is 0 Å². The van der Waals surface area contributed by atoms with Gasteiger partial charge in [-0.05, 0) is 24.9 Å². The van der Waals surface area contributed by atoms with Crippen LogP contribution < -0.4 is 10.1 Å². The fourth-order valence-electron chi connectivity index (χ4n) is 1.37. The van der Waals surface area contributed by atoms with Crippen LogP contribution in [0.3, 0.4) is 0 Å². The van der Waals surface area contributed by atoms with Gasteiger partial charge in [0.05, 0.1) is 12.4 Å². The van der Waals surface area contributed by atoms with Crippen molar-refractivity contribution in [2.75, 3.05) is 11.9 Å². The van der Waals surface area contributed by atoms with E-state index in [1.165, 1.54) is 0 Å². The summed E-state index contributed by atoms with van der Waals surface area (Å²) >= 11 is 5.82. The zero-order chi connectivity index (χ0) is 13.7. The first-order valence-electron chi connectivity index (χ1n) is 6.07. The Bertz CT molecular complexity index is 544. The molecule has 1 N–H and O–H groups in total. The summed E-state index contributed by atoms with van der Waals surface area (Å²) in [5.41, 5.74) is 0. The van der Waals surface area contributed by atoms with Crippen LogP contribution in [0.1, 0.15) is 20.3 Å². The van der Waals surface area contributed by atoms with E-state index >= 15 is 0 Å². The molecule has 7 nitrogen and oxygen atoms in total. The number of nitrogens with one attached hydrogen (secondary N) is 1. The number of ether oxygens (including phenoxy) is 1. The Balaban J connectivity index is 2.12. The third-order valence-corrected chi connectivity index (χ3v) is 2.43. The van der Waals surface area contributed by atoms with Crippen LogP contribution in [0, 0.1) is 0 Å². The molecule has 0 spiro atoms. The van der Waals surface area contributed by atoms with E-state index < -0.39 is 0 Å². The first-order valence-corrected chi connectivity index (χ1v) is 6.44. The van der Waals surface area contributed by atoms with Crippen LogP contribution >= 0.6 is 11.6 Å². The lowest BCUT2D eigenvalue weighted by Crippen LogP contribution is -2.06. The van der Waals surface area contributed by atoms with Crippen molar-refractivity contribution in [1.82, 2.24) is 24.7 Å². The molecule has 0 radical (unpaired) electrons. The van der Waals surface area contributed by atoms with Crippen LogP contribution in [-0.2, 0) is 6.54 Å². The minimum Gasteiger partial charge on any atom is -0.421 e. The first kappa shape index (κ1) is 13.5. The molecule has 0 aliphatic carbocycles. The molecule has 0 unspecified atom stereocenters. The minimum absolute atomic E-state index is 0.0893. The molecular formula is C11H15ClN6O. The molecule has 0 saturated heterocycles. The SMILES string of the molecule is CCCNc1nc(Cl)nc(Oc2cnn(CC)c2)n1. The molecule has 0 aromatic carbocycles. The minimum atomic E-state index is 0.0893. The Morgan fingerprint density at radius 2 is 2.16 bits per heavy atom. The third kappa shape index (κ3) is 3.78. The second-order valence-electron chi connectivity index (χ2n) is 3.77. The molecule has 19 heavy (non-hydrogen) atoms. The van der Waals surface area contributed by atoms with Crippen molar-refractivity contribution in [3.8, 4) is 11.8 Å². The maximum absolute atomic E-state index is 5.82. The van der Waals surface area contributed by atoms with Crippen LogP contribution in [0.4, 0.5) is 5.95 Å². The number of aryl methyl sites for hydroxylation is 1. The van der Waals surface area contributed by atoms with E-state index in [0.717, 1.165) is 19.5 Å². The molecule has 0 fully saturated rings. The predicted octanol–water partition coefficient (Wildman–Crippen LogP) is 2.36. The average Bonchev–Trinajstić information content (AvgIpc) is 2.83. The smallest absolute Gasteiger partial charge is 0.328 e. The third-order valence-electron chi connectivity index (χ3n) is 2.26. The van der Waals surface area contributed by atoms with Gasteiger partial charge >= 0.3 is 6.01 Å². The van der Waals surface area contributed by atoms with Crippen molar-refractivity contribution in [3.63, 3.8) is 0 Å². The quantitative estimate of drug-likeness (QED) is 0.876. The van der Waals surface area contributed by atoms with Crippen LogP contribution in [0.15, 0.2) is 12.4 Å². The number of hydrogen-bond acceptors (Lipinski definition) is 6. The van der Waals surface area contributed by atoms with Crippen LogP contribution in [-0.4, -0.2) is 31.3 Å². The van der Waals surface area contributed by atoms with E-state index in [0.29, 0.717) is 11.7 Å². The van der Waals surface area contributed by atoms with E-state index in [1.54, 1.807) is 17.1 Å². The molecule has 0 amide bonds. The van der Waals surface area contributed by atoms with Crippen LogP contribution in [0.25, 0.3) is 0 Å². The number of halogens is 1. The van der Waals surface area contributed by atoms with E-state index in [4.69, 9.17) is 16.3 Å². The van der Waals surface area contributed by atoms with E-state index in [2.05, 4.69) is 25.4 Å². The molecule has 8 heteroatoms. The van der Waals surface area contributed by atoms with Gasteiger partial charge in [-0.15, -0.1) is 0 Å². The highest BCUT2D eigenvalue weighted by molar-refractivity contribution is 6.28. The van der Waals surface area contributed by atoms with Gasteiger partial charge in [-0.25, -0.2) is 0 Å².